The Kier molecular flexibility index (Phi) is 4.25. The van der Waals surface area contributed by atoms with Crippen LogP contribution in [0.1, 0.15) is 28.8 Å². The maximum Gasteiger partial charge on any atom is 0.193 e. The number of carbonyl (C=O) groups excluding carboxylic acids is 1. The quantitative estimate of drug-likeness (QED) is 0.795. The molecular formula is C20H20F2N2O. The fourth-order valence-electron chi connectivity index (χ4n) is 3.51. The second kappa shape index (κ2) is 6.56. The molecule has 1 saturated carbocycles. The van der Waals surface area contributed by atoms with Crippen LogP contribution in [0.4, 0.5) is 14.5 Å². The molecule has 1 saturated heterocycles. The zero-order valence-electron chi connectivity index (χ0n) is 13.9. The molecule has 130 valence electrons. The fourth-order valence-corrected chi connectivity index (χ4v) is 3.51. The van der Waals surface area contributed by atoms with Gasteiger partial charge >= 0.3 is 0 Å². The van der Waals surface area contributed by atoms with E-state index in [1.54, 1.807) is 35.2 Å². The van der Waals surface area contributed by atoms with Crippen LogP contribution >= 0.6 is 0 Å². The highest BCUT2D eigenvalue weighted by Crippen LogP contribution is 2.31. The molecule has 0 aromatic heterocycles. The van der Waals surface area contributed by atoms with Gasteiger partial charge in [-0.3, -0.25) is 9.69 Å². The van der Waals surface area contributed by atoms with Gasteiger partial charge in [-0.25, -0.2) is 8.78 Å². The summed E-state index contributed by atoms with van der Waals surface area (Å²) in [7, 11) is 0. The van der Waals surface area contributed by atoms with E-state index in [9.17, 15) is 13.6 Å². The lowest BCUT2D eigenvalue weighted by molar-refractivity contribution is 0.103. The monoisotopic (exact) mass is 342 g/mol. The van der Waals surface area contributed by atoms with Crippen molar-refractivity contribution in [3.05, 3.63) is 65.2 Å². The van der Waals surface area contributed by atoms with E-state index in [0.717, 1.165) is 25.2 Å². The molecule has 0 atom stereocenters. The lowest BCUT2D eigenvalue weighted by atomic mass is 10.0. The van der Waals surface area contributed by atoms with Crippen molar-refractivity contribution in [3.63, 3.8) is 0 Å². The van der Waals surface area contributed by atoms with Gasteiger partial charge in [-0.05, 0) is 25.0 Å². The molecule has 2 aromatic rings. The number of ketones is 1. The van der Waals surface area contributed by atoms with Crippen LogP contribution in [0.3, 0.4) is 0 Å². The van der Waals surface area contributed by atoms with Crippen LogP contribution in [0.25, 0.3) is 0 Å². The van der Waals surface area contributed by atoms with Crippen molar-refractivity contribution in [2.75, 3.05) is 31.1 Å². The summed E-state index contributed by atoms with van der Waals surface area (Å²) in [4.78, 5) is 16.5. The van der Waals surface area contributed by atoms with Crippen molar-refractivity contribution >= 4 is 11.5 Å². The molecule has 0 unspecified atom stereocenters. The van der Waals surface area contributed by atoms with E-state index in [1.165, 1.54) is 12.8 Å². The largest absolute Gasteiger partial charge is 0.364 e. The smallest absolute Gasteiger partial charge is 0.193 e. The molecule has 0 N–H and O–H groups in total. The molecule has 0 bridgehead atoms. The molecule has 4 rings (SSSR count). The molecule has 1 aliphatic carbocycles. The van der Waals surface area contributed by atoms with E-state index < -0.39 is 11.6 Å². The van der Waals surface area contributed by atoms with Crippen LogP contribution in [0.2, 0.25) is 0 Å². The minimum Gasteiger partial charge on any atom is -0.364 e. The molecule has 2 aliphatic rings. The van der Waals surface area contributed by atoms with Gasteiger partial charge in [0.05, 0.1) is 0 Å². The van der Waals surface area contributed by atoms with E-state index in [2.05, 4.69) is 4.90 Å². The fraction of sp³-hybridized carbons (Fsp3) is 0.350. The Morgan fingerprint density at radius 3 is 2.04 bits per heavy atom. The Morgan fingerprint density at radius 1 is 0.880 bits per heavy atom. The van der Waals surface area contributed by atoms with E-state index in [4.69, 9.17) is 0 Å². The first-order chi connectivity index (χ1) is 12.1. The zero-order chi connectivity index (χ0) is 17.4. The third-order valence-corrected chi connectivity index (χ3v) is 5.01. The summed E-state index contributed by atoms with van der Waals surface area (Å²) in [6.07, 6.45) is 2.47. The Bertz CT molecular complexity index is 759. The number of hydrogen-bond donors (Lipinski definition) is 0. The lowest BCUT2D eigenvalue weighted by Crippen LogP contribution is -2.47. The van der Waals surface area contributed by atoms with E-state index >= 15 is 0 Å². The van der Waals surface area contributed by atoms with Gasteiger partial charge in [0, 0.05) is 43.3 Å². The summed E-state index contributed by atoms with van der Waals surface area (Å²) in [6, 6.07) is 11.5. The lowest BCUT2D eigenvalue weighted by Gasteiger charge is -2.36. The van der Waals surface area contributed by atoms with Crippen molar-refractivity contribution in [3.8, 4) is 0 Å². The van der Waals surface area contributed by atoms with E-state index in [1.807, 2.05) is 0 Å². The minimum absolute atomic E-state index is 0.0138. The van der Waals surface area contributed by atoms with Gasteiger partial charge in [0.15, 0.2) is 5.78 Å². The van der Waals surface area contributed by atoms with Gasteiger partial charge in [-0.1, -0.05) is 30.3 Å². The standard InChI is InChI=1S/C20H20F2N2O/c21-17-12-15(20(25)14-4-2-1-3-5-14)13-18(22)19(17)24-10-8-23(9-11-24)16-6-7-16/h1-5,12-13,16H,6-11H2. The Balaban J connectivity index is 1.55. The molecule has 0 amide bonds. The van der Waals surface area contributed by atoms with Gasteiger partial charge < -0.3 is 4.90 Å². The maximum absolute atomic E-state index is 14.6. The number of hydrogen-bond acceptors (Lipinski definition) is 3. The Morgan fingerprint density at radius 2 is 1.48 bits per heavy atom. The summed E-state index contributed by atoms with van der Waals surface area (Å²) in [5, 5.41) is 0. The van der Waals surface area contributed by atoms with Crippen molar-refractivity contribution in [2.24, 2.45) is 0 Å². The van der Waals surface area contributed by atoms with Crippen LogP contribution in [-0.4, -0.2) is 42.9 Å². The first-order valence-electron chi connectivity index (χ1n) is 8.71. The number of carbonyl (C=O) groups is 1. The molecule has 25 heavy (non-hydrogen) atoms. The van der Waals surface area contributed by atoms with Crippen molar-refractivity contribution in [2.45, 2.75) is 18.9 Å². The molecule has 1 heterocycles. The number of rotatable bonds is 4. The average molecular weight is 342 g/mol. The van der Waals surface area contributed by atoms with Crippen LogP contribution in [0.15, 0.2) is 42.5 Å². The third-order valence-electron chi connectivity index (χ3n) is 5.01. The summed E-state index contributed by atoms with van der Waals surface area (Å²) in [5.74, 6) is -1.71. The molecular weight excluding hydrogens is 322 g/mol. The van der Waals surface area contributed by atoms with Crippen LogP contribution in [0, 0.1) is 11.6 Å². The Labute approximate surface area is 145 Å². The number of benzene rings is 2. The van der Waals surface area contributed by atoms with Gasteiger partial charge in [0.2, 0.25) is 0 Å². The third kappa shape index (κ3) is 3.29. The van der Waals surface area contributed by atoms with Crippen LogP contribution < -0.4 is 4.90 Å². The summed E-state index contributed by atoms with van der Waals surface area (Å²) in [6.45, 7) is 2.87. The van der Waals surface area contributed by atoms with Crippen LogP contribution in [-0.2, 0) is 0 Å². The highest BCUT2D eigenvalue weighted by Gasteiger charge is 2.32. The summed E-state index contributed by atoms with van der Waals surface area (Å²) >= 11 is 0. The molecule has 0 spiro atoms. The first kappa shape index (κ1) is 16.2. The molecule has 3 nitrogen and oxygen atoms in total. The molecule has 1 aliphatic heterocycles. The average Bonchev–Trinajstić information content (AvgIpc) is 3.47. The predicted molar refractivity (Wildman–Crippen MR) is 93.0 cm³/mol. The van der Waals surface area contributed by atoms with E-state index in [-0.39, 0.29) is 17.0 Å². The van der Waals surface area contributed by atoms with E-state index in [0.29, 0.717) is 24.7 Å². The molecule has 0 radical (unpaired) electrons. The minimum atomic E-state index is -0.667. The number of anilines is 1. The summed E-state index contributed by atoms with van der Waals surface area (Å²) < 4.78 is 29.2. The normalized spacial score (nSPS) is 18.4. The number of piperazine rings is 1. The zero-order valence-corrected chi connectivity index (χ0v) is 13.9. The number of nitrogens with zero attached hydrogens (tertiary/aromatic N) is 2. The molecule has 5 heteroatoms. The SMILES string of the molecule is O=C(c1ccccc1)c1cc(F)c(N2CCN(C3CC3)CC2)c(F)c1. The second-order valence-electron chi connectivity index (χ2n) is 6.74. The van der Waals surface area contributed by atoms with Gasteiger partial charge in [0.1, 0.15) is 17.3 Å². The summed E-state index contributed by atoms with van der Waals surface area (Å²) in [5.41, 5.74) is 0.453. The second-order valence-corrected chi connectivity index (χ2v) is 6.74. The molecule has 2 aromatic carbocycles. The molecule has 2 fully saturated rings. The highest BCUT2D eigenvalue weighted by atomic mass is 19.1. The van der Waals surface area contributed by atoms with Gasteiger partial charge in [0.25, 0.3) is 0 Å². The van der Waals surface area contributed by atoms with Crippen LogP contribution in [0.5, 0.6) is 0 Å². The Hall–Kier alpha value is -2.27. The topological polar surface area (TPSA) is 23.6 Å². The van der Waals surface area contributed by atoms with Crippen molar-refractivity contribution in [1.29, 1.82) is 0 Å². The van der Waals surface area contributed by atoms with Crippen molar-refractivity contribution < 1.29 is 13.6 Å². The van der Waals surface area contributed by atoms with Gasteiger partial charge in [-0.2, -0.15) is 0 Å². The van der Waals surface area contributed by atoms with Crippen molar-refractivity contribution in [1.82, 2.24) is 4.90 Å². The maximum atomic E-state index is 14.6. The predicted octanol–water partition coefficient (Wildman–Crippen LogP) is 3.48. The highest BCUT2D eigenvalue weighted by molar-refractivity contribution is 6.09. The number of halogens is 2. The van der Waals surface area contributed by atoms with Gasteiger partial charge in [-0.15, -0.1) is 0 Å². The first-order valence-corrected chi connectivity index (χ1v) is 8.71.